The minimum Gasteiger partial charge on any atom is -0.478 e. The summed E-state index contributed by atoms with van der Waals surface area (Å²) in [7, 11) is 1.29. The van der Waals surface area contributed by atoms with Crippen LogP contribution in [0, 0.1) is 0 Å². The molecule has 1 unspecified atom stereocenters. The molecule has 2 aliphatic rings. The van der Waals surface area contributed by atoms with Gasteiger partial charge in [-0.05, 0) is 35.7 Å². The van der Waals surface area contributed by atoms with Crippen molar-refractivity contribution in [3.63, 3.8) is 0 Å². The van der Waals surface area contributed by atoms with Gasteiger partial charge in [0, 0.05) is 23.3 Å². The van der Waals surface area contributed by atoms with Gasteiger partial charge in [-0.25, -0.2) is 9.59 Å². The van der Waals surface area contributed by atoms with Crippen LogP contribution in [-0.4, -0.2) is 74.5 Å². The van der Waals surface area contributed by atoms with Crippen LogP contribution in [0.1, 0.15) is 15.2 Å². The number of hydrazone groups is 1. The van der Waals surface area contributed by atoms with Gasteiger partial charge in [-0.15, -0.1) is 23.1 Å². The number of methoxy groups -OCH3 is 1. The lowest BCUT2D eigenvalue weighted by Gasteiger charge is -2.55. The van der Waals surface area contributed by atoms with Crippen LogP contribution in [0.2, 0.25) is 0 Å². The second-order valence-electron chi connectivity index (χ2n) is 7.51. The number of hydrogen-bond acceptors (Lipinski definition) is 9. The van der Waals surface area contributed by atoms with E-state index in [0.29, 0.717) is 5.69 Å². The van der Waals surface area contributed by atoms with E-state index in [2.05, 4.69) is 15.8 Å². The quantitative estimate of drug-likeness (QED) is 0.157. The molecule has 6 N–H and O–H groups in total. The molecule has 1 aromatic heterocycles. The highest BCUT2D eigenvalue weighted by atomic mass is 32.2. The Labute approximate surface area is 212 Å². The van der Waals surface area contributed by atoms with Gasteiger partial charge in [-0.3, -0.25) is 19.9 Å². The highest BCUT2D eigenvalue weighted by Crippen LogP contribution is 2.46. The summed E-state index contributed by atoms with van der Waals surface area (Å²) < 4.78 is 5.43. The van der Waals surface area contributed by atoms with Gasteiger partial charge in [-0.2, -0.15) is 5.10 Å². The molecule has 2 aliphatic heterocycles. The molecule has 1 saturated heterocycles. The predicted molar refractivity (Wildman–Crippen MR) is 133 cm³/mol. The maximum Gasteiger partial charge on any atom is 0.353 e. The third-order valence-corrected chi connectivity index (χ3v) is 7.58. The number of aromatic carboxylic acids is 1. The Balaban J connectivity index is 0.00000361. The van der Waals surface area contributed by atoms with Crippen molar-refractivity contribution in [2.45, 2.75) is 17.5 Å². The molecule has 190 valence electrons. The Morgan fingerprint density at radius 2 is 1.94 bits per heavy atom. The third kappa shape index (κ3) is 4.97. The van der Waals surface area contributed by atoms with Crippen LogP contribution in [0.3, 0.4) is 0 Å². The maximum atomic E-state index is 13.1. The number of aliphatic carboxylic acids is 1. The highest BCUT2D eigenvalue weighted by Gasteiger charge is 2.66. The molecule has 2 atom stereocenters. The summed E-state index contributed by atoms with van der Waals surface area (Å²) in [6, 6.07) is 9.46. The summed E-state index contributed by atoms with van der Waals surface area (Å²) >= 11 is 2.65. The van der Waals surface area contributed by atoms with Crippen molar-refractivity contribution < 1.29 is 39.6 Å². The van der Waals surface area contributed by atoms with Crippen LogP contribution in [0.5, 0.6) is 0 Å². The van der Waals surface area contributed by atoms with Crippen LogP contribution in [0.15, 0.2) is 58.1 Å². The van der Waals surface area contributed by atoms with E-state index in [9.17, 15) is 24.3 Å². The highest BCUT2D eigenvalue weighted by molar-refractivity contribution is 8.00. The molecule has 1 fully saturated rings. The molecule has 1 aromatic carbocycles. The Morgan fingerprint density at radius 3 is 2.53 bits per heavy atom. The van der Waals surface area contributed by atoms with E-state index in [1.165, 1.54) is 60.7 Å². The van der Waals surface area contributed by atoms with Gasteiger partial charge in [0.2, 0.25) is 5.91 Å². The van der Waals surface area contributed by atoms with E-state index in [4.69, 9.17) is 9.84 Å². The van der Waals surface area contributed by atoms with Gasteiger partial charge in [0.05, 0.1) is 23.9 Å². The number of β-lactam (4-membered cyclic amide) rings is 1. The van der Waals surface area contributed by atoms with E-state index in [-0.39, 0.29) is 34.5 Å². The minimum absolute atomic E-state index is 0. The van der Waals surface area contributed by atoms with Gasteiger partial charge < -0.3 is 25.7 Å². The number of carbonyl (C=O) groups excluding carboxylic acids is 2. The van der Waals surface area contributed by atoms with Gasteiger partial charge in [0.1, 0.15) is 11.1 Å². The first kappa shape index (κ1) is 26.9. The fraction of sp³-hybridized carbons (Fsp3) is 0.227. The molecule has 4 rings (SSSR count). The van der Waals surface area contributed by atoms with Crippen molar-refractivity contribution in [3.05, 3.63) is 63.5 Å². The Morgan fingerprint density at radius 1 is 1.22 bits per heavy atom. The van der Waals surface area contributed by atoms with Gasteiger partial charge in [-0.1, -0.05) is 6.07 Å². The number of benzene rings is 1. The number of amides is 2. The van der Waals surface area contributed by atoms with Crippen molar-refractivity contribution in [1.29, 1.82) is 0 Å². The monoisotopic (exact) mass is 534 g/mol. The number of thiophene rings is 1. The summed E-state index contributed by atoms with van der Waals surface area (Å²) in [5.41, 5.74) is 1.70. The number of carboxylic acids is 2. The smallest absolute Gasteiger partial charge is 0.353 e. The summed E-state index contributed by atoms with van der Waals surface area (Å²) in [5.74, 6) is -3.26. The lowest BCUT2D eigenvalue weighted by Crippen LogP contribution is -2.80. The number of carboxylic acid groups (broad SMARTS) is 2. The van der Waals surface area contributed by atoms with Crippen molar-refractivity contribution >= 4 is 58.8 Å². The molecular weight excluding hydrogens is 512 g/mol. The number of ether oxygens (including phenoxy) is 1. The summed E-state index contributed by atoms with van der Waals surface area (Å²) in [5, 5.41) is 26.5. The number of carbonyl (C=O) groups is 4. The first-order valence-electron chi connectivity index (χ1n) is 10.2. The predicted octanol–water partition coefficient (Wildman–Crippen LogP) is 0.975. The number of fused-ring (bicyclic) bond motifs is 1. The zero-order valence-corrected chi connectivity index (χ0v) is 20.4. The Bertz CT molecular complexity index is 1230. The van der Waals surface area contributed by atoms with Gasteiger partial charge in [0.15, 0.2) is 0 Å². The Kier molecular flexibility index (Phi) is 8.14. The second-order valence-corrected chi connectivity index (χ2v) is 9.61. The molecule has 0 radical (unpaired) electrons. The van der Waals surface area contributed by atoms with Crippen molar-refractivity contribution in [3.8, 4) is 0 Å². The number of rotatable bonds is 9. The molecular formula is C22H22N4O8S2. The van der Waals surface area contributed by atoms with Crippen molar-refractivity contribution in [2.75, 3.05) is 18.3 Å². The van der Waals surface area contributed by atoms with Gasteiger partial charge >= 0.3 is 11.9 Å². The lowest BCUT2D eigenvalue weighted by molar-refractivity contribution is -0.192. The molecule has 3 heterocycles. The molecule has 2 aromatic rings. The summed E-state index contributed by atoms with van der Waals surface area (Å²) in [6.07, 6.45) is 1.37. The normalized spacial score (nSPS) is 20.9. The number of anilines is 1. The fourth-order valence-corrected chi connectivity index (χ4v) is 5.79. The zero-order chi connectivity index (χ0) is 25.2. The number of nitrogens with zero attached hydrogens (tertiary/aromatic N) is 2. The molecule has 0 saturated carbocycles. The largest absolute Gasteiger partial charge is 0.478 e. The fourth-order valence-electron chi connectivity index (χ4n) is 3.70. The number of nitrogens with one attached hydrogen (secondary N) is 2. The van der Waals surface area contributed by atoms with Crippen LogP contribution in [-0.2, 0) is 25.5 Å². The van der Waals surface area contributed by atoms with Gasteiger partial charge in [0.25, 0.3) is 11.6 Å². The first-order chi connectivity index (χ1) is 16.8. The molecule has 14 heteroatoms. The average Bonchev–Trinajstić information content (AvgIpc) is 3.35. The van der Waals surface area contributed by atoms with E-state index >= 15 is 0 Å². The number of thioether (sulfide) groups is 1. The van der Waals surface area contributed by atoms with Crippen molar-refractivity contribution in [2.24, 2.45) is 5.10 Å². The second kappa shape index (κ2) is 10.9. The van der Waals surface area contributed by atoms with E-state index in [0.717, 1.165) is 9.78 Å². The van der Waals surface area contributed by atoms with E-state index < -0.39 is 34.9 Å². The lowest BCUT2D eigenvalue weighted by atomic mass is 9.98. The van der Waals surface area contributed by atoms with Crippen LogP contribution >= 0.6 is 23.1 Å². The Hall–Kier alpha value is -3.72. The minimum atomic E-state index is -1.66. The standard InChI is InChI=1S/C22H20N4O7S2.H2O/c1-33-22(24-16(27)9-15-3-2-8-34-15)20(32)26-17(19(30)31)13(11-35-21(22)26)10-23-25-14-6-4-12(5-7-14)18(28)29;/h2-8,10,21,25H,9,11H2,1H3,(H,24,27)(H,28,29)(H,30,31);1H2/t21-,22?;/m0./s1. The van der Waals surface area contributed by atoms with E-state index in [1.54, 1.807) is 6.07 Å². The molecule has 0 bridgehead atoms. The first-order valence-corrected chi connectivity index (χ1v) is 12.1. The van der Waals surface area contributed by atoms with Crippen LogP contribution in [0.4, 0.5) is 5.69 Å². The number of hydrogen-bond donors (Lipinski definition) is 4. The molecule has 36 heavy (non-hydrogen) atoms. The SMILES string of the molecule is COC1(NC(=O)Cc2cccs2)C(=O)N2C(C(=O)O)=C(C=NNc3ccc(C(=O)O)cc3)CS[C@H]21.O. The molecule has 0 spiro atoms. The van der Waals surface area contributed by atoms with E-state index in [1.807, 2.05) is 11.4 Å². The summed E-state index contributed by atoms with van der Waals surface area (Å²) in [4.78, 5) is 50.6. The van der Waals surface area contributed by atoms with Crippen LogP contribution in [0.25, 0.3) is 0 Å². The average molecular weight is 535 g/mol. The summed E-state index contributed by atoms with van der Waals surface area (Å²) in [6.45, 7) is 0. The molecule has 0 aliphatic carbocycles. The van der Waals surface area contributed by atoms with Crippen LogP contribution < -0.4 is 10.7 Å². The third-order valence-electron chi connectivity index (χ3n) is 5.37. The molecule has 2 amide bonds. The zero-order valence-electron chi connectivity index (χ0n) is 18.8. The van der Waals surface area contributed by atoms with Crippen molar-refractivity contribution in [1.82, 2.24) is 10.2 Å². The topological polar surface area (TPSA) is 189 Å². The molecule has 12 nitrogen and oxygen atoms in total. The maximum absolute atomic E-state index is 13.1.